The van der Waals surface area contributed by atoms with Crippen LogP contribution in [0.2, 0.25) is 0 Å². The zero-order valence-corrected chi connectivity index (χ0v) is 12.7. The van der Waals surface area contributed by atoms with Gasteiger partial charge in [0, 0.05) is 10.5 Å². The van der Waals surface area contributed by atoms with Gasteiger partial charge >= 0.3 is 0 Å². The van der Waals surface area contributed by atoms with Crippen molar-refractivity contribution in [3.8, 4) is 5.19 Å². The maximum atomic E-state index is 5.64. The Labute approximate surface area is 124 Å². The highest BCUT2D eigenvalue weighted by atomic mass is 79.9. The summed E-state index contributed by atoms with van der Waals surface area (Å²) in [5.41, 5.74) is 1.12. The van der Waals surface area contributed by atoms with Crippen LogP contribution in [0.5, 0.6) is 5.19 Å². The first-order valence-corrected chi connectivity index (χ1v) is 7.83. The molecule has 1 aromatic heterocycles. The standard InChI is InChI=1S/C13H14BrN3OS/c14-10-3-1-9(2-4-10)8-18-13-17-16-12(19-13)7-15-11-5-6-11/h1-4,11,15H,5-8H2. The smallest absolute Gasteiger partial charge is 0.294 e. The predicted molar refractivity (Wildman–Crippen MR) is 78.2 cm³/mol. The normalized spacial score (nSPS) is 14.6. The van der Waals surface area contributed by atoms with E-state index in [4.69, 9.17) is 4.74 Å². The lowest BCUT2D eigenvalue weighted by molar-refractivity contribution is 0.302. The summed E-state index contributed by atoms with van der Waals surface area (Å²) in [5.74, 6) is 0. The van der Waals surface area contributed by atoms with E-state index in [2.05, 4.69) is 31.4 Å². The van der Waals surface area contributed by atoms with Crippen molar-refractivity contribution in [3.63, 3.8) is 0 Å². The fraction of sp³-hybridized carbons (Fsp3) is 0.385. The number of rotatable bonds is 6. The van der Waals surface area contributed by atoms with E-state index in [1.165, 1.54) is 24.2 Å². The molecule has 0 atom stereocenters. The van der Waals surface area contributed by atoms with Gasteiger partial charge in [0.2, 0.25) is 0 Å². The van der Waals surface area contributed by atoms with Crippen molar-refractivity contribution < 1.29 is 4.74 Å². The number of halogens is 1. The highest BCUT2D eigenvalue weighted by molar-refractivity contribution is 9.10. The van der Waals surface area contributed by atoms with Crippen molar-refractivity contribution in [2.24, 2.45) is 0 Å². The van der Waals surface area contributed by atoms with E-state index >= 15 is 0 Å². The largest absolute Gasteiger partial charge is 0.464 e. The van der Waals surface area contributed by atoms with Gasteiger partial charge < -0.3 is 10.1 Å². The van der Waals surface area contributed by atoms with Gasteiger partial charge in [-0.25, -0.2) is 0 Å². The lowest BCUT2D eigenvalue weighted by Crippen LogP contribution is -2.14. The summed E-state index contributed by atoms with van der Waals surface area (Å²) in [6, 6.07) is 8.76. The summed E-state index contributed by atoms with van der Waals surface area (Å²) >= 11 is 4.92. The highest BCUT2D eigenvalue weighted by Gasteiger charge is 2.20. The van der Waals surface area contributed by atoms with Crippen LogP contribution >= 0.6 is 27.3 Å². The third kappa shape index (κ3) is 3.99. The number of hydrogen-bond acceptors (Lipinski definition) is 5. The summed E-state index contributed by atoms with van der Waals surface area (Å²) < 4.78 is 6.71. The van der Waals surface area contributed by atoms with Crippen molar-refractivity contribution in [1.82, 2.24) is 15.5 Å². The fourth-order valence-corrected chi connectivity index (χ4v) is 2.52. The Morgan fingerprint density at radius 3 is 2.79 bits per heavy atom. The van der Waals surface area contributed by atoms with Crippen LogP contribution in [-0.4, -0.2) is 16.2 Å². The molecule has 3 rings (SSSR count). The van der Waals surface area contributed by atoms with E-state index in [1.54, 1.807) is 0 Å². The molecule has 4 nitrogen and oxygen atoms in total. The van der Waals surface area contributed by atoms with Crippen LogP contribution in [0.4, 0.5) is 0 Å². The van der Waals surface area contributed by atoms with E-state index < -0.39 is 0 Å². The highest BCUT2D eigenvalue weighted by Crippen LogP contribution is 2.22. The average molecular weight is 340 g/mol. The second-order valence-corrected chi connectivity index (χ2v) is 6.47. The molecule has 0 amide bonds. The summed E-state index contributed by atoms with van der Waals surface area (Å²) in [6.07, 6.45) is 2.57. The second-order valence-electron chi connectivity index (χ2n) is 4.53. The van der Waals surface area contributed by atoms with Gasteiger partial charge in [0.15, 0.2) is 0 Å². The lowest BCUT2D eigenvalue weighted by atomic mass is 10.2. The molecule has 2 aromatic rings. The monoisotopic (exact) mass is 339 g/mol. The number of aromatic nitrogens is 2. The van der Waals surface area contributed by atoms with Gasteiger partial charge in [-0.3, -0.25) is 0 Å². The van der Waals surface area contributed by atoms with E-state index in [9.17, 15) is 0 Å². The molecule has 1 N–H and O–H groups in total. The summed E-state index contributed by atoms with van der Waals surface area (Å²) in [6.45, 7) is 1.32. The minimum atomic E-state index is 0.526. The van der Waals surface area contributed by atoms with Crippen molar-refractivity contribution in [2.75, 3.05) is 0 Å². The zero-order chi connectivity index (χ0) is 13.1. The molecule has 100 valence electrons. The molecule has 1 fully saturated rings. The molecule has 1 saturated carbocycles. The van der Waals surface area contributed by atoms with Gasteiger partial charge in [-0.05, 0) is 30.5 Å². The molecule has 0 saturated heterocycles. The van der Waals surface area contributed by atoms with Crippen molar-refractivity contribution in [2.45, 2.75) is 32.0 Å². The summed E-state index contributed by atoms with van der Waals surface area (Å²) in [4.78, 5) is 0. The number of benzene rings is 1. The van der Waals surface area contributed by atoms with Gasteiger partial charge in [0.25, 0.3) is 5.19 Å². The third-order valence-corrected chi connectivity index (χ3v) is 4.21. The molecule has 1 aliphatic carbocycles. The second kappa shape index (κ2) is 5.98. The Kier molecular flexibility index (Phi) is 4.10. The molecule has 0 aliphatic heterocycles. The zero-order valence-electron chi connectivity index (χ0n) is 10.3. The van der Waals surface area contributed by atoms with E-state index in [1.807, 2.05) is 24.3 Å². The lowest BCUT2D eigenvalue weighted by Gasteiger charge is -2.01. The first kappa shape index (κ1) is 13.0. The molecular formula is C13H14BrN3OS. The van der Waals surface area contributed by atoms with Gasteiger partial charge in [-0.15, -0.1) is 5.10 Å². The molecule has 1 heterocycles. The van der Waals surface area contributed by atoms with Gasteiger partial charge in [-0.1, -0.05) is 44.5 Å². The minimum absolute atomic E-state index is 0.526. The van der Waals surface area contributed by atoms with E-state index in [0.717, 1.165) is 21.6 Å². The number of ether oxygens (including phenoxy) is 1. The van der Waals surface area contributed by atoms with Gasteiger partial charge in [0.05, 0.1) is 6.54 Å². The molecule has 6 heteroatoms. The van der Waals surface area contributed by atoms with Crippen molar-refractivity contribution in [3.05, 3.63) is 39.3 Å². The molecule has 0 bridgehead atoms. The van der Waals surface area contributed by atoms with Gasteiger partial charge in [0.1, 0.15) is 11.6 Å². The Morgan fingerprint density at radius 2 is 2.05 bits per heavy atom. The van der Waals surface area contributed by atoms with Crippen LogP contribution < -0.4 is 10.1 Å². The van der Waals surface area contributed by atoms with E-state index in [-0.39, 0.29) is 0 Å². The van der Waals surface area contributed by atoms with Crippen LogP contribution in [0.15, 0.2) is 28.7 Å². The summed E-state index contributed by atoms with van der Waals surface area (Å²) in [7, 11) is 0. The molecule has 0 spiro atoms. The quantitative estimate of drug-likeness (QED) is 0.878. The van der Waals surface area contributed by atoms with Crippen LogP contribution in [0.25, 0.3) is 0 Å². The first-order chi connectivity index (χ1) is 9.29. The van der Waals surface area contributed by atoms with Crippen LogP contribution in [-0.2, 0) is 13.2 Å². The first-order valence-electron chi connectivity index (χ1n) is 6.22. The van der Waals surface area contributed by atoms with Crippen LogP contribution in [0, 0.1) is 0 Å². The Hall–Kier alpha value is -0.980. The SMILES string of the molecule is Brc1ccc(COc2nnc(CNC3CC3)s2)cc1. The predicted octanol–water partition coefficient (Wildman–Crippen LogP) is 3.13. The van der Waals surface area contributed by atoms with Gasteiger partial charge in [-0.2, -0.15) is 0 Å². The molecule has 1 aromatic carbocycles. The Balaban J connectivity index is 1.50. The number of nitrogens with one attached hydrogen (secondary N) is 1. The van der Waals surface area contributed by atoms with Crippen molar-refractivity contribution >= 4 is 27.3 Å². The topological polar surface area (TPSA) is 47.0 Å². The molecule has 0 unspecified atom stereocenters. The molecule has 19 heavy (non-hydrogen) atoms. The average Bonchev–Trinajstić information content (AvgIpc) is 3.15. The summed E-state index contributed by atoms with van der Waals surface area (Å²) in [5, 5.41) is 13.2. The van der Waals surface area contributed by atoms with E-state index in [0.29, 0.717) is 17.8 Å². The van der Waals surface area contributed by atoms with Crippen LogP contribution in [0.3, 0.4) is 0 Å². The molecule has 1 aliphatic rings. The minimum Gasteiger partial charge on any atom is -0.464 e. The fourth-order valence-electron chi connectivity index (χ4n) is 1.61. The maximum Gasteiger partial charge on any atom is 0.294 e. The Bertz CT molecular complexity index is 539. The maximum absolute atomic E-state index is 5.64. The molecular weight excluding hydrogens is 326 g/mol. The third-order valence-electron chi connectivity index (χ3n) is 2.84. The van der Waals surface area contributed by atoms with Crippen LogP contribution in [0.1, 0.15) is 23.4 Å². The molecule has 0 radical (unpaired) electrons. The number of hydrogen-bond donors (Lipinski definition) is 1. The Morgan fingerprint density at radius 1 is 1.26 bits per heavy atom. The number of nitrogens with zero attached hydrogens (tertiary/aromatic N) is 2. The van der Waals surface area contributed by atoms with Crippen molar-refractivity contribution in [1.29, 1.82) is 0 Å².